The highest BCUT2D eigenvalue weighted by molar-refractivity contribution is 6.44. The van der Waals surface area contributed by atoms with Crippen LogP contribution in [0.25, 0.3) is 5.57 Å². The zero-order valence-corrected chi connectivity index (χ0v) is 16.6. The highest BCUT2D eigenvalue weighted by atomic mass is 16.2. The van der Waals surface area contributed by atoms with Gasteiger partial charge in [0.25, 0.3) is 5.91 Å². The maximum Gasteiger partial charge on any atom is 0.331 e. The van der Waals surface area contributed by atoms with Crippen molar-refractivity contribution >= 4 is 34.7 Å². The van der Waals surface area contributed by atoms with Crippen molar-refractivity contribution in [2.24, 2.45) is 0 Å². The molecule has 0 aromatic heterocycles. The topological polar surface area (TPSA) is 73.0 Å². The molecule has 2 heterocycles. The summed E-state index contributed by atoms with van der Waals surface area (Å²) in [6.07, 6.45) is 0. The fourth-order valence-electron chi connectivity index (χ4n) is 3.56. The van der Waals surface area contributed by atoms with Gasteiger partial charge < -0.3 is 15.1 Å². The van der Waals surface area contributed by atoms with E-state index in [-0.39, 0.29) is 17.1 Å². The highest BCUT2D eigenvalue weighted by Gasteiger charge is 2.42. The van der Waals surface area contributed by atoms with Crippen LogP contribution in [-0.4, -0.2) is 61.8 Å². The Morgan fingerprint density at radius 2 is 1.59 bits per heavy atom. The molecule has 0 fully saturated rings. The van der Waals surface area contributed by atoms with E-state index >= 15 is 0 Å². The molecule has 0 saturated heterocycles. The first-order valence-electron chi connectivity index (χ1n) is 9.39. The smallest absolute Gasteiger partial charge is 0.331 e. The number of hydrogen-bond acceptors (Lipinski definition) is 5. The van der Waals surface area contributed by atoms with Gasteiger partial charge in [-0.1, -0.05) is 30.3 Å². The van der Waals surface area contributed by atoms with E-state index < -0.39 is 11.9 Å². The third kappa shape index (κ3) is 3.09. The lowest BCUT2D eigenvalue weighted by Gasteiger charge is -2.24. The largest absolute Gasteiger partial charge is 0.351 e. The zero-order chi connectivity index (χ0) is 20.7. The van der Waals surface area contributed by atoms with E-state index in [0.717, 1.165) is 4.90 Å². The molecule has 0 bridgehead atoms. The first kappa shape index (κ1) is 18.9. The monoisotopic (exact) mass is 390 g/mol. The third-order valence-electron chi connectivity index (χ3n) is 5.14. The van der Waals surface area contributed by atoms with Crippen molar-refractivity contribution in [2.75, 3.05) is 44.4 Å². The Bertz CT molecular complexity index is 1060. The molecule has 2 aromatic rings. The highest BCUT2D eigenvalue weighted by Crippen LogP contribution is 2.41. The number of ketones is 1. The van der Waals surface area contributed by atoms with Crippen LogP contribution < -0.4 is 10.2 Å². The Hall–Kier alpha value is -3.45. The number of benzene rings is 2. The van der Waals surface area contributed by atoms with Gasteiger partial charge in [-0.2, -0.15) is 0 Å². The van der Waals surface area contributed by atoms with Gasteiger partial charge in [-0.3, -0.25) is 9.59 Å². The molecule has 0 saturated carbocycles. The van der Waals surface area contributed by atoms with Crippen LogP contribution in [0.4, 0.5) is 16.2 Å². The van der Waals surface area contributed by atoms with Crippen LogP contribution in [0.2, 0.25) is 0 Å². The lowest BCUT2D eigenvalue weighted by atomic mass is 10.0. The number of carbonyl (C=O) groups excluding carboxylic acids is 3. The summed E-state index contributed by atoms with van der Waals surface area (Å²) in [4.78, 5) is 44.0. The van der Waals surface area contributed by atoms with Gasteiger partial charge in [-0.05, 0) is 32.3 Å². The van der Waals surface area contributed by atoms with Gasteiger partial charge in [-0.15, -0.1) is 0 Å². The summed E-state index contributed by atoms with van der Waals surface area (Å²) >= 11 is 0. The molecule has 148 valence electrons. The number of fused-ring (bicyclic) bond motifs is 2. The van der Waals surface area contributed by atoms with Gasteiger partial charge in [0.05, 0.1) is 11.3 Å². The number of hydrogen-bond donors (Lipinski definition) is 1. The number of Topliss-reactive ketones (excluding diaryl/α,β-unsaturated/α-hetero) is 1. The summed E-state index contributed by atoms with van der Waals surface area (Å²) in [7, 11) is 5.51. The molecule has 0 aliphatic carbocycles. The van der Waals surface area contributed by atoms with Crippen molar-refractivity contribution in [3.8, 4) is 0 Å². The number of para-hydroxylation sites is 2. The number of carbonyl (C=O) groups is 3. The number of rotatable bonds is 3. The first-order chi connectivity index (χ1) is 13.9. The molecule has 0 atom stereocenters. The zero-order valence-electron chi connectivity index (χ0n) is 16.6. The van der Waals surface area contributed by atoms with E-state index in [0.29, 0.717) is 35.6 Å². The average Bonchev–Trinajstić information content (AvgIpc) is 3.19. The van der Waals surface area contributed by atoms with Crippen molar-refractivity contribution in [1.29, 1.82) is 0 Å². The molecule has 2 aliphatic rings. The lowest BCUT2D eigenvalue weighted by Crippen LogP contribution is -2.45. The fourth-order valence-corrected chi connectivity index (χ4v) is 3.56. The number of nitrogens with one attached hydrogen (secondary N) is 1. The number of amides is 3. The molecule has 29 heavy (non-hydrogen) atoms. The Morgan fingerprint density at radius 3 is 2.28 bits per heavy atom. The third-order valence-corrected chi connectivity index (χ3v) is 5.14. The maximum atomic E-state index is 13.3. The van der Waals surface area contributed by atoms with Crippen LogP contribution in [-0.2, 0) is 4.79 Å². The number of urea groups is 1. The van der Waals surface area contributed by atoms with E-state index in [1.807, 2.05) is 25.1 Å². The molecular weight excluding hydrogens is 368 g/mol. The van der Waals surface area contributed by atoms with Gasteiger partial charge in [0.15, 0.2) is 0 Å². The minimum Gasteiger partial charge on any atom is -0.351 e. The number of allylic oxidation sites excluding steroid dienone is 1. The quantitative estimate of drug-likeness (QED) is 0.816. The van der Waals surface area contributed by atoms with Crippen molar-refractivity contribution in [3.63, 3.8) is 0 Å². The Balaban J connectivity index is 1.75. The molecule has 3 amide bonds. The van der Waals surface area contributed by atoms with Crippen LogP contribution in [0, 0.1) is 0 Å². The molecule has 1 N–H and O–H groups in total. The minimum absolute atomic E-state index is 0.217. The number of anilines is 2. The predicted octanol–water partition coefficient (Wildman–Crippen LogP) is 2.67. The van der Waals surface area contributed by atoms with E-state index in [1.54, 1.807) is 49.5 Å². The second-order valence-corrected chi connectivity index (χ2v) is 7.41. The molecule has 0 unspecified atom stereocenters. The lowest BCUT2D eigenvalue weighted by molar-refractivity contribution is -0.112. The summed E-state index contributed by atoms with van der Waals surface area (Å²) in [5, 5.41) is 3.08. The first-order valence-corrected chi connectivity index (χ1v) is 9.39. The average molecular weight is 390 g/mol. The minimum atomic E-state index is -0.489. The Labute approximate surface area is 169 Å². The Kier molecular flexibility index (Phi) is 4.68. The van der Waals surface area contributed by atoms with Crippen molar-refractivity contribution in [2.45, 2.75) is 0 Å². The van der Waals surface area contributed by atoms with E-state index in [4.69, 9.17) is 0 Å². The fraction of sp³-hybridized carbons (Fsp3) is 0.227. The Morgan fingerprint density at radius 1 is 0.931 bits per heavy atom. The second-order valence-electron chi connectivity index (χ2n) is 7.41. The normalized spacial score (nSPS) is 17.4. The van der Waals surface area contributed by atoms with Gasteiger partial charge in [0.1, 0.15) is 5.70 Å². The molecule has 4 rings (SSSR count). The van der Waals surface area contributed by atoms with Gasteiger partial charge in [0.2, 0.25) is 5.78 Å². The molecule has 2 aromatic carbocycles. The van der Waals surface area contributed by atoms with Crippen LogP contribution in [0.5, 0.6) is 0 Å². The number of imide groups is 1. The van der Waals surface area contributed by atoms with Crippen LogP contribution in [0.1, 0.15) is 15.9 Å². The predicted molar refractivity (Wildman–Crippen MR) is 112 cm³/mol. The van der Waals surface area contributed by atoms with Crippen molar-refractivity contribution < 1.29 is 14.4 Å². The standard InChI is InChI=1S/C22H22N4O3/c1-24(2)12-13-25(3)22(29)26-17-11-7-5-9-15(17)18(21(26)28)19-20(27)14-8-4-6-10-16(14)23-19/h4-11,23H,12-13H2,1-3H3/b19-18-. The van der Waals surface area contributed by atoms with Crippen molar-refractivity contribution in [1.82, 2.24) is 9.80 Å². The summed E-state index contributed by atoms with van der Waals surface area (Å²) in [5.74, 6) is -0.731. The van der Waals surface area contributed by atoms with Crippen LogP contribution in [0.15, 0.2) is 54.2 Å². The molecule has 7 nitrogen and oxygen atoms in total. The molecule has 0 radical (unpaired) electrons. The van der Waals surface area contributed by atoms with Gasteiger partial charge in [0, 0.05) is 37.0 Å². The summed E-state index contributed by atoms with van der Waals surface area (Å²) in [6.45, 7) is 1.15. The molecule has 7 heteroatoms. The summed E-state index contributed by atoms with van der Waals surface area (Å²) < 4.78 is 0. The van der Waals surface area contributed by atoms with E-state index in [2.05, 4.69) is 5.32 Å². The summed E-state index contributed by atoms with van der Waals surface area (Å²) in [6, 6.07) is 13.8. The number of likely N-dealkylation sites (N-methyl/N-ethyl adjacent to an activating group) is 2. The molecule has 2 aliphatic heterocycles. The molecule has 0 spiro atoms. The van der Waals surface area contributed by atoms with Crippen molar-refractivity contribution in [3.05, 3.63) is 65.4 Å². The number of nitrogens with zero attached hydrogens (tertiary/aromatic N) is 3. The van der Waals surface area contributed by atoms with E-state index in [9.17, 15) is 14.4 Å². The maximum absolute atomic E-state index is 13.3. The molecular formula is C22H22N4O3. The summed E-state index contributed by atoms with van der Waals surface area (Å²) in [5.41, 5.74) is 2.71. The van der Waals surface area contributed by atoms with Gasteiger partial charge in [-0.25, -0.2) is 9.69 Å². The van der Waals surface area contributed by atoms with Crippen LogP contribution >= 0.6 is 0 Å². The van der Waals surface area contributed by atoms with E-state index in [1.165, 1.54) is 4.90 Å². The second kappa shape index (κ2) is 7.18. The van der Waals surface area contributed by atoms with Crippen LogP contribution in [0.3, 0.4) is 0 Å². The SMILES string of the molecule is CN(C)CCN(C)C(=O)N1C(=O)/C(=C2\Nc3ccccc3C2=O)c2ccccc21. The van der Waals surface area contributed by atoms with Gasteiger partial charge >= 0.3 is 6.03 Å².